The largest absolute Gasteiger partial charge is 0.481 e. The van der Waals surface area contributed by atoms with Crippen LogP contribution < -0.4 is 0 Å². The average molecular weight is 330 g/mol. The Hall–Kier alpha value is -1.12. The molecule has 1 unspecified atom stereocenters. The van der Waals surface area contributed by atoms with E-state index in [0.29, 0.717) is 30.0 Å². The van der Waals surface area contributed by atoms with Crippen molar-refractivity contribution in [3.63, 3.8) is 0 Å². The Kier molecular flexibility index (Phi) is 3.38. The second-order valence-electron chi connectivity index (χ2n) is 9.60. The molecule has 3 fully saturated rings. The summed E-state index contributed by atoms with van der Waals surface area (Å²) in [6, 6.07) is 0. The molecule has 24 heavy (non-hydrogen) atoms. The molecule has 0 saturated heterocycles. The first-order chi connectivity index (χ1) is 11.2. The van der Waals surface area contributed by atoms with E-state index in [1.165, 1.54) is 5.57 Å². The summed E-state index contributed by atoms with van der Waals surface area (Å²) in [4.78, 5) is 23.9. The van der Waals surface area contributed by atoms with Gasteiger partial charge in [-0.1, -0.05) is 19.4 Å². The monoisotopic (exact) mass is 330 g/mol. The molecule has 3 heteroatoms. The predicted octanol–water partition coefficient (Wildman–Crippen LogP) is 4.61. The molecule has 0 amide bonds. The van der Waals surface area contributed by atoms with Crippen LogP contribution in [0.1, 0.15) is 72.1 Å². The number of ketones is 1. The van der Waals surface area contributed by atoms with E-state index in [0.717, 1.165) is 44.9 Å². The zero-order chi connectivity index (χ0) is 17.3. The first-order valence-electron chi connectivity index (χ1n) is 9.70. The lowest BCUT2D eigenvalue weighted by atomic mass is 9.45. The standard InChI is InChI=1S/C21H30O3/c1-19-9-6-14(22)12-13(19)4-5-15-16(19)7-10-20(2)17(15)8-11-21(20,3)18(23)24/h12,15-17H,4-11H2,1-3H3,(H,23,24)/t15-,16-,17+,19+,20+,21?/m1/s1. The first kappa shape index (κ1) is 16.4. The highest BCUT2D eigenvalue weighted by Gasteiger charge is 2.65. The van der Waals surface area contributed by atoms with Gasteiger partial charge in [0.05, 0.1) is 5.41 Å². The highest BCUT2D eigenvalue weighted by Crippen LogP contribution is 2.69. The number of carbonyl (C=O) groups is 2. The lowest BCUT2D eigenvalue weighted by Gasteiger charge is -2.59. The molecule has 132 valence electrons. The molecule has 4 aliphatic rings. The fourth-order valence-corrected chi connectivity index (χ4v) is 7.18. The van der Waals surface area contributed by atoms with Crippen LogP contribution in [-0.2, 0) is 9.59 Å². The van der Waals surface area contributed by atoms with E-state index >= 15 is 0 Å². The summed E-state index contributed by atoms with van der Waals surface area (Å²) in [5.74, 6) is 1.52. The van der Waals surface area contributed by atoms with Gasteiger partial charge in [-0.05, 0) is 86.5 Å². The van der Waals surface area contributed by atoms with Crippen LogP contribution >= 0.6 is 0 Å². The van der Waals surface area contributed by atoms with E-state index in [2.05, 4.69) is 13.8 Å². The molecular formula is C21H30O3. The van der Waals surface area contributed by atoms with Crippen LogP contribution in [0.5, 0.6) is 0 Å². The van der Waals surface area contributed by atoms with Crippen molar-refractivity contribution in [2.45, 2.75) is 72.1 Å². The maximum atomic E-state index is 12.0. The van der Waals surface area contributed by atoms with Crippen LogP contribution in [0.25, 0.3) is 0 Å². The fourth-order valence-electron chi connectivity index (χ4n) is 7.18. The van der Waals surface area contributed by atoms with Crippen LogP contribution in [0.2, 0.25) is 0 Å². The van der Waals surface area contributed by atoms with Crippen LogP contribution in [0.3, 0.4) is 0 Å². The number of hydrogen-bond acceptors (Lipinski definition) is 2. The summed E-state index contributed by atoms with van der Waals surface area (Å²) in [7, 11) is 0. The Morgan fingerprint density at radius 2 is 1.75 bits per heavy atom. The minimum absolute atomic E-state index is 0.0674. The Morgan fingerprint density at radius 3 is 2.46 bits per heavy atom. The molecule has 0 aliphatic heterocycles. The molecule has 1 N–H and O–H groups in total. The summed E-state index contributed by atoms with van der Waals surface area (Å²) < 4.78 is 0. The molecule has 0 bridgehead atoms. The number of carboxylic acid groups (broad SMARTS) is 1. The van der Waals surface area contributed by atoms with E-state index in [1.807, 2.05) is 13.0 Å². The van der Waals surface area contributed by atoms with Crippen LogP contribution in [-0.4, -0.2) is 16.9 Å². The predicted molar refractivity (Wildman–Crippen MR) is 92.5 cm³/mol. The molecular weight excluding hydrogens is 300 g/mol. The van der Waals surface area contributed by atoms with Crippen molar-refractivity contribution >= 4 is 11.8 Å². The summed E-state index contributed by atoms with van der Waals surface area (Å²) >= 11 is 0. The number of rotatable bonds is 1. The summed E-state index contributed by atoms with van der Waals surface area (Å²) in [6.45, 7) is 6.63. The molecule has 0 radical (unpaired) electrons. The van der Waals surface area contributed by atoms with Crippen molar-refractivity contribution in [1.82, 2.24) is 0 Å². The van der Waals surface area contributed by atoms with Gasteiger partial charge in [-0.2, -0.15) is 0 Å². The number of hydrogen-bond donors (Lipinski definition) is 1. The highest BCUT2D eigenvalue weighted by atomic mass is 16.4. The third kappa shape index (κ3) is 1.84. The molecule has 0 aromatic heterocycles. The fraction of sp³-hybridized carbons (Fsp3) is 0.810. The SMILES string of the molecule is CC1(C(=O)O)CC[C@H]2[C@@H]3CCC4=CC(=O)CC[C@]4(C)[C@@H]3CC[C@@]21C. The topological polar surface area (TPSA) is 54.4 Å². The second kappa shape index (κ2) is 4.95. The van der Waals surface area contributed by atoms with Crippen LogP contribution in [0.4, 0.5) is 0 Å². The Labute approximate surface area is 144 Å². The van der Waals surface area contributed by atoms with Gasteiger partial charge in [0.25, 0.3) is 0 Å². The summed E-state index contributed by atoms with van der Waals surface area (Å²) in [5, 5.41) is 9.89. The van der Waals surface area contributed by atoms with Crippen molar-refractivity contribution in [3.05, 3.63) is 11.6 Å². The van der Waals surface area contributed by atoms with E-state index in [9.17, 15) is 14.7 Å². The molecule has 0 aromatic carbocycles. The summed E-state index contributed by atoms with van der Waals surface area (Å²) in [5.41, 5.74) is 0.938. The van der Waals surface area contributed by atoms with Gasteiger partial charge in [-0.3, -0.25) is 9.59 Å². The second-order valence-corrected chi connectivity index (χ2v) is 9.60. The molecule has 4 aliphatic carbocycles. The third-order valence-electron chi connectivity index (χ3n) is 9.04. The summed E-state index contributed by atoms with van der Waals surface area (Å²) in [6.07, 6.45) is 9.87. The maximum absolute atomic E-state index is 12.0. The Balaban J connectivity index is 1.70. The van der Waals surface area contributed by atoms with Gasteiger partial charge in [-0.25, -0.2) is 0 Å². The number of carboxylic acids is 1. The molecule has 4 rings (SSSR count). The number of aliphatic carboxylic acids is 1. The zero-order valence-electron chi connectivity index (χ0n) is 15.2. The normalized spacial score (nSPS) is 50.5. The van der Waals surface area contributed by atoms with Gasteiger partial charge in [0.2, 0.25) is 0 Å². The third-order valence-corrected chi connectivity index (χ3v) is 9.04. The van der Waals surface area contributed by atoms with E-state index in [4.69, 9.17) is 0 Å². The lowest BCUT2D eigenvalue weighted by molar-refractivity contribution is -0.161. The number of fused-ring (bicyclic) bond motifs is 5. The molecule has 3 saturated carbocycles. The van der Waals surface area contributed by atoms with Gasteiger partial charge in [0.1, 0.15) is 0 Å². The van der Waals surface area contributed by atoms with Crippen molar-refractivity contribution in [1.29, 1.82) is 0 Å². The smallest absolute Gasteiger partial charge is 0.309 e. The molecule has 0 spiro atoms. The minimum Gasteiger partial charge on any atom is -0.481 e. The molecule has 0 heterocycles. The zero-order valence-corrected chi connectivity index (χ0v) is 15.2. The Bertz CT molecular complexity index is 635. The van der Waals surface area contributed by atoms with E-state index in [1.54, 1.807) is 0 Å². The van der Waals surface area contributed by atoms with Crippen molar-refractivity contribution in [3.8, 4) is 0 Å². The van der Waals surface area contributed by atoms with Gasteiger partial charge >= 0.3 is 5.97 Å². The minimum atomic E-state index is -0.600. The highest BCUT2D eigenvalue weighted by molar-refractivity contribution is 5.91. The molecule has 0 aromatic rings. The Morgan fingerprint density at radius 1 is 1.04 bits per heavy atom. The van der Waals surface area contributed by atoms with Gasteiger partial charge in [0.15, 0.2) is 5.78 Å². The van der Waals surface area contributed by atoms with Crippen LogP contribution in [0.15, 0.2) is 11.6 Å². The van der Waals surface area contributed by atoms with Gasteiger partial charge < -0.3 is 5.11 Å². The lowest BCUT2D eigenvalue weighted by Crippen LogP contribution is -2.53. The number of allylic oxidation sites excluding steroid dienone is 1. The van der Waals surface area contributed by atoms with Crippen molar-refractivity contribution < 1.29 is 14.7 Å². The van der Waals surface area contributed by atoms with Gasteiger partial charge in [0, 0.05) is 6.42 Å². The van der Waals surface area contributed by atoms with Crippen molar-refractivity contribution in [2.75, 3.05) is 0 Å². The molecule has 6 atom stereocenters. The average Bonchev–Trinajstić information content (AvgIpc) is 2.81. The number of carbonyl (C=O) groups excluding carboxylic acids is 1. The van der Waals surface area contributed by atoms with Crippen molar-refractivity contribution in [2.24, 2.45) is 34.0 Å². The van der Waals surface area contributed by atoms with Crippen LogP contribution in [0, 0.1) is 34.0 Å². The van der Waals surface area contributed by atoms with E-state index in [-0.39, 0.29) is 10.8 Å². The maximum Gasteiger partial charge on any atom is 0.309 e. The first-order valence-corrected chi connectivity index (χ1v) is 9.70. The molecule has 3 nitrogen and oxygen atoms in total. The quantitative estimate of drug-likeness (QED) is 0.764. The van der Waals surface area contributed by atoms with E-state index < -0.39 is 11.4 Å². The van der Waals surface area contributed by atoms with Gasteiger partial charge in [-0.15, -0.1) is 0 Å².